The summed E-state index contributed by atoms with van der Waals surface area (Å²) in [6.45, 7) is 18.4. The zero-order chi connectivity index (χ0) is 26.5. The Labute approximate surface area is 219 Å². The molecule has 1 unspecified atom stereocenters. The van der Waals surface area contributed by atoms with Gasteiger partial charge >= 0.3 is 11.9 Å². The highest BCUT2D eigenvalue weighted by Gasteiger charge is 2.70. The topological polar surface area (TPSA) is 63.6 Å². The Kier molecular flexibility index (Phi) is 5.91. The number of aliphatic carboxylic acids is 1. The van der Waals surface area contributed by atoms with Gasteiger partial charge in [0.25, 0.3) is 0 Å². The number of carboxylic acid groups (broad SMARTS) is 1. The molecule has 11 atom stereocenters. The molecule has 0 spiro atoms. The predicted molar refractivity (Wildman–Crippen MR) is 142 cm³/mol. The standard InChI is InChI=1S/C32H50O4/c1-19-11-14-28(4)17-18-30(6)22(26(28)20(19)2)9-10-23-29(5)15-13-25(36-21(3)33)32(8,27(34)35)24(29)12-16-31(23,30)7/h9,19-20,23-26H,10-18H2,1-8H3,(H,34,35)/t19-,20+,23-,24-,25-,26?,28-,29-,30-,31-,32-/m1/s1. The van der Waals surface area contributed by atoms with Crippen molar-refractivity contribution in [2.45, 2.75) is 119 Å². The monoisotopic (exact) mass is 498 g/mol. The van der Waals surface area contributed by atoms with Crippen LogP contribution in [0.4, 0.5) is 0 Å². The number of hydrogen-bond donors (Lipinski definition) is 1. The highest BCUT2D eigenvalue weighted by atomic mass is 16.5. The molecule has 0 amide bonds. The molecule has 5 aliphatic rings. The molecule has 202 valence electrons. The first-order valence-electron chi connectivity index (χ1n) is 14.8. The molecule has 4 saturated carbocycles. The van der Waals surface area contributed by atoms with Crippen molar-refractivity contribution in [3.05, 3.63) is 11.6 Å². The van der Waals surface area contributed by atoms with E-state index in [1.807, 2.05) is 6.92 Å². The van der Waals surface area contributed by atoms with E-state index in [4.69, 9.17) is 4.74 Å². The minimum atomic E-state index is -1.04. The van der Waals surface area contributed by atoms with Gasteiger partial charge < -0.3 is 9.84 Å². The minimum absolute atomic E-state index is 0.0136. The number of allylic oxidation sites excluding steroid dienone is 2. The molecule has 0 bridgehead atoms. The summed E-state index contributed by atoms with van der Waals surface area (Å²) in [6, 6.07) is 0. The molecule has 5 aliphatic carbocycles. The van der Waals surface area contributed by atoms with Crippen LogP contribution in [0.5, 0.6) is 0 Å². The Bertz CT molecular complexity index is 985. The van der Waals surface area contributed by atoms with Crippen LogP contribution in [0.25, 0.3) is 0 Å². The molecule has 0 aromatic rings. The van der Waals surface area contributed by atoms with Crippen LogP contribution in [0.3, 0.4) is 0 Å². The molecule has 5 rings (SSSR count). The van der Waals surface area contributed by atoms with Crippen LogP contribution < -0.4 is 0 Å². The van der Waals surface area contributed by atoms with E-state index in [1.165, 1.54) is 32.6 Å². The fourth-order valence-electron chi connectivity index (χ4n) is 11.2. The fraction of sp³-hybridized carbons (Fsp3) is 0.875. The Morgan fingerprint density at radius 2 is 1.61 bits per heavy atom. The van der Waals surface area contributed by atoms with Gasteiger partial charge in [-0.25, -0.2) is 0 Å². The largest absolute Gasteiger partial charge is 0.481 e. The van der Waals surface area contributed by atoms with E-state index in [2.05, 4.69) is 47.6 Å². The first-order chi connectivity index (χ1) is 16.6. The zero-order valence-electron chi connectivity index (χ0n) is 24.1. The van der Waals surface area contributed by atoms with Gasteiger partial charge in [0.15, 0.2) is 0 Å². The minimum Gasteiger partial charge on any atom is -0.481 e. The highest BCUT2D eigenvalue weighted by Crippen LogP contribution is 2.75. The van der Waals surface area contributed by atoms with Crippen molar-refractivity contribution < 1.29 is 19.4 Å². The normalized spacial score (nSPS) is 54.2. The molecule has 0 saturated heterocycles. The van der Waals surface area contributed by atoms with Crippen LogP contribution in [-0.4, -0.2) is 23.1 Å². The number of carboxylic acids is 1. The molecule has 1 N–H and O–H groups in total. The van der Waals surface area contributed by atoms with Gasteiger partial charge in [-0.15, -0.1) is 0 Å². The molecule has 4 nitrogen and oxygen atoms in total. The lowest BCUT2D eigenvalue weighted by Gasteiger charge is -2.71. The number of esters is 1. The van der Waals surface area contributed by atoms with Crippen LogP contribution in [0.2, 0.25) is 0 Å². The summed E-state index contributed by atoms with van der Waals surface area (Å²) in [4.78, 5) is 24.8. The van der Waals surface area contributed by atoms with Crippen molar-refractivity contribution in [1.82, 2.24) is 0 Å². The predicted octanol–water partition coefficient (Wildman–Crippen LogP) is 7.66. The van der Waals surface area contributed by atoms with Gasteiger partial charge in [0.05, 0.1) is 0 Å². The van der Waals surface area contributed by atoms with Gasteiger partial charge in [-0.1, -0.05) is 53.2 Å². The molecular formula is C32H50O4. The maximum absolute atomic E-state index is 12.9. The molecule has 4 heteroatoms. The summed E-state index contributed by atoms with van der Waals surface area (Å²) in [5.41, 5.74) is 1.40. The van der Waals surface area contributed by atoms with E-state index in [0.717, 1.165) is 37.5 Å². The Balaban J connectivity index is 1.57. The third-order valence-corrected chi connectivity index (χ3v) is 13.8. The van der Waals surface area contributed by atoms with Gasteiger partial charge in [0.2, 0.25) is 0 Å². The summed E-state index contributed by atoms with van der Waals surface area (Å²) in [5, 5.41) is 10.5. The van der Waals surface area contributed by atoms with Crippen LogP contribution in [-0.2, 0) is 14.3 Å². The summed E-state index contributed by atoms with van der Waals surface area (Å²) < 4.78 is 5.69. The van der Waals surface area contributed by atoms with Crippen molar-refractivity contribution in [1.29, 1.82) is 0 Å². The van der Waals surface area contributed by atoms with E-state index in [0.29, 0.717) is 23.7 Å². The molecular weight excluding hydrogens is 448 g/mol. The van der Waals surface area contributed by atoms with Crippen molar-refractivity contribution >= 4 is 11.9 Å². The lowest BCUT2D eigenvalue weighted by Crippen LogP contribution is -2.66. The molecule has 0 aromatic carbocycles. The van der Waals surface area contributed by atoms with E-state index in [1.54, 1.807) is 5.57 Å². The number of carbonyl (C=O) groups is 2. The smallest absolute Gasteiger partial charge is 0.313 e. The van der Waals surface area contributed by atoms with Gasteiger partial charge in [-0.3, -0.25) is 9.59 Å². The lowest BCUT2D eigenvalue weighted by atomic mass is 9.33. The van der Waals surface area contributed by atoms with E-state index in [-0.39, 0.29) is 28.1 Å². The molecule has 0 aliphatic heterocycles. The Hall–Kier alpha value is -1.32. The number of fused-ring (bicyclic) bond motifs is 7. The SMILES string of the molecule is CC(=O)O[C@@H]1CC[C@@]2(C)[C@@H](CC[C@]3(C)[C@@H]2CC=C2C4[C@@H](C)[C@H](C)CC[C@]4(C)CC[C@]23C)[C@@]1(C)C(=O)O. The van der Waals surface area contributed by atoms with E-state index in [9.17, 15) is 14.7 Å². The van der Waals surface area contributed by atoms with Gasteiger partial charge in [-0.05, 0) is 116 Å². The summed E-state index contributed by atoms with van der Waals surface area (Å²) >= 11 is 0. The van der Waals surface area contributed by atoms with Gasteiger partial charge in [0, 0.05) is 6.92 Å². The summed E-state index contributed by atoms with van der Waals surface area (Å²) in [5.74, 6) is 1.47. The fourth-order valence-corrected chi connectivity index (χ4v) is 11.2. The molecule has 0 heterocycles. The zero-order valence-corrected chi connectivity index (χ0v) is 24.1. The van der Waals surface area contributed by atoms with Crippen LogP contribution >= 0.6 is 0 Å². The third kappa shape index (κ3) is 3.17. The molecule has 0 radical (unpaired) electrons. The first-order valence-corrected chi connectivity index (χ1v) is 14.8. The second-order valence-electron chi connectivity index (χ2n) is 15.0. The number of hydrogen-bond acceptors (Lipinski definition) is 3. The van der Waals surface area contributed by atoms with Crippen LogP contribution in [0.15, 0.2) is 11.6 Å². The van der Waals surface area contributed by atoms with Crippen molar-refractivity contribution in [3.8, 4) is 0 Å². The summed E-state index contributed by atoms with van der Waals surface area (Å²) in [6.07, 6.45) is 12.0. The number of carbonyl (C=O) groups excluding carboxylic acids is 1. The average Bonchev–Trinajstić information content (AvgIpc) is 2.79. The summed E-state index contributed by atoms with van der Waals surface area (Å²) in [7, 11) is 0. The van der Waals surface area contributed by atoms with Gasteiger partial charge in [-0.2, -0.15) is 0 Å². The third-order valence-electron chi connectivity index (χ3n) is 13.8. The first kappa shape index (κ1) is 26.3. The average molecular weight is 499 g/mol. The lowest BCUT2D eigenvalue weighted by molar-refractivity contribution is -0.223. The van der Waals surface area contributed by atoms with E-state index < -0.39 is 17.5 Å². The van der Waals surface area contributed by atoms with E-state index >= 15 is 0 Å². The second-order valence-corrected chi connectivity index (χ2v) is 15.0. The Morgan fingerprint density at radius 3 is 2.25 bits per heavy atom. The Morgan fingerprint density at radius 1 is 0.917 bits per heavy atom. The number of rotatable bonds is 2. The molecule has 4 fully saturated rings. The maximum Gasteiger partial charge on any atom is 0.313 e. The maximum atomic E-state index is 12.9. The van der Waals surface area contributed by atoms with Crippen molar-refractivity contribution in [3.63, 3.8) is 0 Å². The van der Waals surface area contributed by atoms with Crippen LogP contribution in [0.1, 0.15) is 113 Å². The van der Waals surface area contributed by atoms with Gasteiger partial charge in [0.1, 0.15) is 11.5 Å². The highest BCUT2D eigenvalue weighted by molar-refractivity contribution is 5.77. The second kappa shape index (κ2) is 8.09. The molecule has 0 aromatic heterocycles. The van der Waals surface area contributed by atoms with Crippen molar-refractivity contribution in [2.75, 3.05) is 0 Å². The molecule has 36 heavy (non-hydrogen) atoms. The number of ether oxygens (including phenoxy) is 1. The quantitative estimate of drug-likeness (QED) is 0.313. The van der Waals surface area contributed by atoms with Crippen molar-refractivity contribution in [2.24, 2.45) is 56.7 Å². The van der Waals surface area contributed by atoms with Crippen LogP contribution in [0, 0.1) is 56.7 Å².